The number of rotatable bonds is 6. The monoisotopic (exact) mass is 413 g/mol. The van der Waals surface area contributed by atoms with Crippen molar-refractivity contribution in [1.29, 1.82) is 0 Å². The van der Waals surface area contributed by atoms with Gasteiger partial charge in [0.15, 0.2) is 0 Å². The predicted octanol–water partition coefficient (Wildman–Crippen LogP) is 6.75. The number of carboxylic acids is 1. The van der Waals surface area contributed by atoms with E-state index in [9.17, 15) is 4.79 Å². The fourth-order valence-electron chi connectivity index (χ4n) is 3.22. The lowest BCUT2D eigenvalue weighted by atomic mass is 9.99. The molecule has 0 saturated heterocycles. The second-order valence-electron chi connectivity index (χ2n) is 6.77. The molecule has 0 unspecified atom stereocenters. The maximum absolute atomic E-state index is 11.1. The number of aromatic carboxylic acids is 1. The highest BCUT2D eigenvalue weighted by Crippen LogP contribution is 2.29. The summed E-state index contributed by atoms with van der Waals surface area (Å²) in [6, 6.07) is 31.3. The molecule has 0 aliphatic rings. The molecule has 4 aromatic rings. The van der Waals surface area contributed by atoms with E-state index in [1.54, 1.807) is 24.3 Å². The molecule has 3 nitrogen and oxygen atoms in total. The largest absolute Gasteiger partial charge is 0.489 e. The summed E-state index contributed by atoms with van der Waals surface area (Å²) in [5.41, 5.74) is 5.14. The molecule has 4 aromatic carbocycles. The zero-order chi connectivity index (χ0) is 20.9. The van der Waals surface area contributed by atoms with Crippen molar-refractivity contribution in [2.45, 2.75) is 6.61 Å². The lowest BCUT2D eigenvalue weighted by Gasteiger charge is -2.13. The smallest absolute Gasteiger partial charge is 0.335 e. The molecule has 0 atom stereocenters. The van der Waals surface area contributed by atoms with Crippen molar-refractivity contribution in [2.75, 3.05) is 0 Å². The number of carbonyl (C=O) groups is 1. The molecule has 1 radical (unpaired) electrons. The van der Waals surface area contributed by atoms with Crippen LogP contribution >= 0.6 is 11.6 Å². The van der Waals surface area contributed by atoms with Gasteiger partial charge in [-0.1, -0.05) is 66.2 Å². The van der Waals surface area contributed by atoms with Crippen LogP contribution in [0.3, 0.4) is 0 Å². The van der Waals surface area contributed by atoms with Gasteiger partial charge in [0, 0.05) is 5.02 Å². The molecule has 0 spiro atoms. The number of hydrogen-bond acceptors (Lipinski definition) is 2. The Morgan fingerprint density at radius 1 is 0.900 bits per heavy atom. The first kappa shape index (κ1) is 19.7. The second-order valence-corrected chi connectivity index (χ2v) is 7.21. The second kappa shape index (κ2) is 8.85. The quantitative estimate of drug-likeness (QED) is 0.380. The Labute approximate surface area is 180 Å². The molecule has 0 aliphatic heterocycles. The lowest BCUT2D eigenvalue weighted by Crippen LogP contribution is -1.99. The fourth-order valence-corrected chi connectivity index (χ4v) is 3.42. The minimum absolute atomic E-state index is 0.251. The molecule has 4 heteroatoms. The number of hydrogen-bond donors (Lipinski definition) is 1. The summed E-state index contributed by atoms with van der Waals surface area (Å²) in [5, 5.41) is 9.72. The molecule has 0 bridgehead atoms. The van der Waals surface area contributed by atoms with Crippen LogP contribution in [-0.2, 0) is 6.61 Å². The van der Waals surface area contributed by atoms with Crippen molar-refractivity contribution < 1.29 is 14.6 Å². The number of halogens is 1. The van der Waals surface area contributed by atoms with Crippen molar-refractivity contribution >= 4 is 17.6 Å². The minimum Gasteiger partial charge on any atom is -0.489 e. The first-order valence-electron chi connectivity index (χ1n) is 9.42. The van der Waals surface area contributed by atoms with Gasteiger partial charge in [-0.3, -0.25) is 0 Å². The first-order valence-corrected chi connectivity index (χ1v) is 9.80. The summed E-state index contributed by atoms with van der Waals surface area (Å²) in [7, 11) is 0. The van der Waals surface area contributed by atoms with E-state index < -0.39 is 5.97 Å². The van der Waals surface area contributed by atoms with Crippen LogP contribution in [0.5, 0.6) is 5.75 Å². The zero-order valence-corrected chi connectivity index (χ0v) is 16.8. The van der Waals surface area contributed by atoms with Gasteiger partial charge in [-0.2, -0.15) is 0 Å². The third-order valence-electron chi connectivity index (χ3n) is 4.78. The van der Waals surface area contributed by atoms with Gasteiger partial charge in [-0.25, -0.2) is 4.79 Å². The molecule has 0 heterocycles. The van der Waals surface area contributed by atoms with Gasteiger partial charge in [-0.05, 0) is 70.3 Å². The molecule has 0 fully saturated rings. The van der Waals surface area contributed by atoms with Gasteiger partial charge in [0.05, 0.1) is 5.56 Å². The van der Waals surface area contributed by atoms with Gasteiger partial charge < -0.3 is 9.84 Å². The molecule has 147 valence electrons. The van der Waals surface area contributed by atoms with E-state index in [0.29, 0.717) is 11.6 Å². The van der Waals surface area contributed by atoms with Gasteiger partial charge in [0.2, 0.25) is 0 Å². The molecule has 30 heavy (non-hydrogen) atoms. The molecular weight excluding hydrogens is 396 g/mol. The highest BCUT2D eigenvalue weighted by Gasteiger charge is 2.09. The summed E-state index contributed by atoms with van der Waals surface area (Å²) >= 11 is 6.20. The Balaban J connectivity index is 1.53. The van der Waals surface area contributed by atoms with E-state index in [1.165, 1.54) is 0 Å². The Bertz CT molecular complexity index is 1150. The van der Waals surface area contributed by atoms with Crippen LogP contribution in [-0.4, -0.2) is 11.1 Å². The maximum atomic E-state index is 11.1. The minimum atomic E-state index is -0.947. The Morgan fingerprint density at radius 2 is 1.63 bits per heavy atom. The standard InChI is InChI=1S/C26H18ClO3/c27-23-12-15-25(20-6-8-21(9-7-20)26(28)29)22(16-23)17-30-24-13-10-19(11-14-24)18-4-2-1-3-5-18/h1-4,6-16H,17H2,(H,28,29). The van der Waals surface area contributed by atoms with Crippen LogP contribution < -0.4 is 4.74 Å². The fraction of sp³-hybridized carbons (Fsp3) is 0.0385. The van der Waals surface area contributed by atoms with Gasteiger partial charge in [0.25, 0.3) is 0 Å². The molecule has 0 aromatic heterocycles. The molecule has 0 amide bonds. The van der Waals surface area contributed by atoms with E-state index in [0.717, 1.165) is 33.6 Å². The van der Waals surface area contributed by atoms with Crippen molar-refractivity contribution in [3.63, 3.8) is 0 Å². The number of ether oxygens (including phenoxy) is 1. The van der Waals surface area contributed by atoms with Crippen molar-refractivity contribution in [1.82, 2.24) is 0 Å². The van der Waals surface area contributed by atoms with Gasteiger partial charge in [-0.15, -0.1) is 0 Å². The summed E-state index contributed by atoms with van der Waals surface area (Å²) in [6.07, 6.45) is 0. The summed E-state index contributed by atoms with van der Waals surface area (Å²) in [6.45, 7) is 0.341. The Hall–Kier alpha value is -3.56. The van der Waals surface area contributed by atoms with Crippen LogP contribution in [0.4, 0.5) is 0 Å². The summed E-state index contributed by atoms with van der Waals surface area (Å²) in [4.78, 5) is 11.1. The topological polar surface area (TPSA) is 46.5 Å². The first-order chi connectivity index (χ1) is 14.6. The average molecular weight is 414 g/mol. The van der Waals surface area contributed by atoms with E-state index >= 15 is 0 Å². The normalized spacial score (nSPS) is 10.6. The van der Waals surface area contributed by atoms with Gasteiger partial charge >= 0.3 is 5.97 Å². The Morgan fingerprint density at radius 3 is 2.30 bits per heavy atom. The van der Waals surface area contributed by atoms with Crippen LogP contribution in [0.1, 0.15) is 15.9 Å². The van der Waals surface area contributed by atoms with Gasteiger partial charge in [0.1, 0.15) is 12.4 Å². The average Bonchev–Trinajstić information content (AvgIpc) is 2.79. The van der Waals surface area contributed by atoms with Crippen LogP contribution in [0.2, 0.25) is 5.02 Å². The van der Waals surface area contributed by atoms with E-state index in [4.69, 9.17) is 21.4 Å². The van der Waals surface area contributed by atoms with Crippen molar-refractivity contribution in [2.24, 2.45) is 0 Å². The molecular formula is C26H18ClO3. The number of benzene rings is 4. The molecule has 4 rings (SSSR count). The van der Waals surface area contributed by atoms with E-state index in [-0.39, 0.29) is 5.56 Å². The summed E-state index contributed by atoms with van der Waals surface area (Å²) in [5.74, 6) is -0.195. The molecule has 1 N–H and O–H groups in total. The molecule has 0 saturated carbocycles. The van der Waals surface area contributed by atoms with Crippen molar-refractivity contribution in [3.8, 4) is 28.0 Å². The SMILES string of the molecule is O=C(O)c1ccc(-c2ccc(Cl)cc2COc2ccc(-c3[c]cccc3)cc2)cc1. The number of carboxylic acid groups (broad SMARTS) is 1. The summed E-state index contributed by atoms with van der Waals surface area (Å²) < 4.78 is 6.00. The van der Waals surface area contributed by atoms with Crippen LogP contribution in [0.15, 0.2) is 91.0 Å². The highest BCUT2D eigenvalue weighted by atomic mass is 35.5. The maximum Gasteiger partial charge on any atom is 0.335 e. The third kappa shape index (κ3) is 4.53. The predicted molar refractivity (Wildman–Crippen MR) is 119 cm³/mol. The third-order valence-corrected chi connectivity index (χ3v) is 5.01. The molecule has 0 aliphatic carbocycles. The van der Waals surface area contributed by atoms with Crippen LogP contribution in [0.25, 0.3) is 22.3 Å². The van der Waals surface area contributed by atoms with E-state index in [2.05, 4.69) is 6.07 Å². The Kier molecular flexibility index (Phi) is 5.82. The zero-order valence-electron chi connectivity index (χ0n) is 16.0. The van der Waals surface area contributed by atoms with E-state index in [1.807, 2.05) is 66.7 Å². The highest BCUT2D eigenvalue weighted by molar-refractivity contribution is 6.30. The van der Waals surface area contributed by atoms with Crippen LogP contribution in [0, 0.1) is 6.07 Å². The lowest BCUT2D eigenvalue weighted by molar-refractivity contribution is 0.0697. The van der Waals surface area contributed by atoms with Crippen molar-refractivity contribution in [3.05, 3.63) is 113 Å².